The molecule has 0 aromatic heterocycles. The molecular formula is C15H18O3. The summed E-state index contributed by atoms with van der Waals surface area (Å²) in [4.78, 5) is 0. The molecule has 0 amide bonds. The molecule has 0 fully saturated rings. The van der Waals surface area contributed by atoms with Crippen molar-refractivity contribution in [2.24, 2.45) is 5.92 Å². The molecule has 18 heavy (non-hydrogen) atoms. The summed E-state index contributed by atoms with van der Waals surface area (Å²) in [6, 6.07) is 8.05. The second-order valence-corrected chi connectivity index (χ2v) is 4.99. The summed E-state index contributed by atoms with van der Waals surface area (Å²) in [6.07, 6.45) is 4.08. The fourth-order valence-corrected chi connectivity index (χ4v) is 2.66. The highest BCUT2D eigenvalue weighted by molar-refractivity contribution is 5.35. The average Bonchev–Trinajstić information content (AvgIpc) is 2.47. The molecule has 2 unspecified atom stereocenters. The van der Waals surface area contributed by atoms with E-state index in [-0.39, 0.29) is 5.92 Å². The molecule has 3 nitrogen and oxygen atoms in total. The Hall–Kier alpha value is -1.48. The van der Waals surface area contributed by atoms with Gasteiger partial charge in [-0.05, 0) is 36.5 Å². The lowest BCUT2D eigenvalue weighted by Crippen LogP contribution is -2.33. The lowest BCUT2D eigenvalue weighted by Gasteiger charge is -2.30. The van der Waals surface area contributed by atoms with E-state index < -0.39 is 6.10 Å². The summed E-state index contributed by atoms with van der Waals surface area (Å²) in [7, 11) is 0. The van der Waals surface area contributed by atoms with Gasteiger partial charge >= 0.3 is 0 Å². The minimum Gasteiger partial charge on any atom is -0.501 e. The first kappa shape index (κ1) is 11.6. The Morgan fingerprint density at radius 2 is 2.17 bits per heavy atom. The molecular weight excluding hydrogens is 228 g/mol. The Bertz CT molecular complexity index is 453. The van der Waals surface area contributed by atoms with E-state index in [1.54, 1.807) is 6.26 Å². The molecule has 0 radical (unpaired) electrons. The number of hydrogen-bond acceptors (Lipinski definition) is 3. The van der Waals surface area contributed by atoms with Gasteiger partial charge in [-0.15, -0.1) is 0 Å². The minimum absolute atomic E-state index is 0.132. The monoisotopic (exact) mass is 246 g/mol. The molecule has 0 aliphatic carbocycles. The van der Waals surface area contributed by atoms with Crippen LogP contribution in [0.25, 0.3) is 0 Å². The third-order valence-electron chi connectivity index (χ3n) is 3.70. The van der Waals surface area contributed by atoms with Gasteiger partial charge < -0.3 is 14.6 Å². The van der Waals surface area contributed by atoms with Crippen LogP contribution in [0.4, 0.5) is 0 Å². The van der Waals surface area contributed by atoms with Gasteiger partial charge in [-0.1, -0.05) is 18.2 Å². The molecule has 1 aromatic carbocycles. The molecule has 1 N–H and O–H groups in total. The Morgan fingerprint density at radius 1 is 1.28 bits per heavy atom. The van der Waals surface area contributed by atoms with Crippen LogP contribution in [0, 0.1) is 5.92 Å². The molecule has 0 saturated heterocycles. The van der Waals surface area contributed by atoms with Crippen LogP contribution in [0.1, 0.15) is 18.4 Å². The van der Waals surface area contributed by atoms with Gasteiger partial charge in [0, 0.05) is 5.92 Å². The first-order valence-corrected chi connectivity index (χ1v) is 6.54. The highest BCUT2D eigenvalue weighted by Crippen LogP contribution is 2.31. The number of ether oxygens (including phenoxy) is 2. The standard InChI is InChI=1S/C15H18O3/c16-15(12-5-3-7-17-9-12)13-8-11-4-1-2-6-14(11)18-10-13/h1-2,4,6,9,13,15-16H,3,5,7-8,10H2. The minimum atomic E-state index is -0.446. The van der Waals surface area contributed by atoms with E-state index in [0.717, 1.165) is 37.2 Å². The smallest absolute Gasteiger partial charge is 0.122 e. The van der Waals surface area contributed by atoms with E-state index in [4.69, 9.17) is 9.47 Å². The fraction of sp³-hybridized carbons (Fsp3) is 0.467. The second kappa shape index (κ2) is 5.02. The molecule has 2 heterocycles. The lowest BCUT2D eigenvalue weighted by molar-refractivity contribution is 0.0784. The van der Waals surface area contributed by atoms with Gasteiger partial charge in [-0.25, -0.2) is 0 Å². The van der Waals surface area contributed by atoms with Gasteiger partial charge in [-0.2, -0.15) is 0 Å². The van der Waals surface area contributed by atoms with Crippen LogP contribution >= 0.6 is 0 Å². The quantitative estimate of drug-likeness (QED) is 0.870. The SMILES string of the molecule is OC(C1=COCCC1)C1COc2ccccc2C1. The second-order valence-electron chi connectivity index (χ2n) is 4.99. The fourth-order valence-electron chi connectivity index (χ4n) is 2.66. The zero-order valence-corrected chi connectivity index (χ0v) is 10.3. The van der Waals surface area contributed by atoms with Crippen molar-refractivity contribution >= 4 is 0 Å². The topological polar surface area (TPSA) is 38.7 Å². The summed E-state index contributed by atoms with van der Waals surface area (Å²) in [5.74, 6) is 1.09. The van der Waals surface area contributed by atoms with E-state index in [1.807, 2.05) is 18.2 Å². The zero-order valence-electron chi connectivity index (χ0n) is 10.3. The Balaban J connectivity index is 1.73. The summed E-state index contributed by atoms with van der Waals surface area (Å²) in [6.45, 7) is 1.34. The van der Waals surface area contributed by atoms with Crippen molar-refractivity contribution in [1.29, 1.82) is 0 Å². The summed E-state index contributed by atoms with van der Waals surface area (Å²) >= 11 is 0. The van der Waals surface area contributed by atoms with Crippen LogP contribution in [-0.4, -0.2) is 24.4 Å². The number of aliphatic hydroxyl groups is 1. The first-order valence-electron chi connectivity index (χ1n) is 6.54. The van der Waals surface area contributed by atoms with Gasteiger partial charge in [0.1, 0.15) is 5.75 Å². The number of rotatable bonds is 2. The molecule has 3 heteroatoms. The first-order chi connectivity index (χ1) is 8.84. The van der Waals surface area contributed by atoms with Crippen molar-refractivity contribution in [3.8, 4) is 5.75 Å². The molecule has 2 aliphatic heterocycles. The number of para-hydroxylation sites is 1. The van der Waals surface area contributed by atoms with E-state index in [2.05, 4.69) is 6.07 Å². The van der Waals surface area contributed by atoms with Gasteiger partial charge in [-0.3, -0.25) is 0 Å². The summed E-state index contributed by atoms with van der Waals surface area (Å²) in [5.41, 5.74) is 2.19. The zero-order chi connectivity index (χ0) is 12.4. The van der Waals surface area contributed by atoms with Gasteiger partial charge in [0.15, 0.2) is 0 Å². The largest absolute Gasteiger partial charge is 0.501 e. The average molecular weight is 246 g/mol. The van der Waals surface area contributed by atoms with Crippen LogP contribution < -0.4 is 4.74 Å². The molecule has 3 rings (SSSR count). The molecule has 2 atom stereocenters. The van der Waals surface area contributed by atoms with Crippen LogP contribution in [0.3, 0.4) is 0 Å². The van der Waals surface area contributed by atoms with Gasteiger partial charge in [0.25, 0.3) is 0 Å². The van der Waals surface area contributed by atoms with Crippen LogP contribution in [0.15, 0.2) is 36.1 Å². The highest BCUT2D eigenvalue weighted by Gasteiger charge is 2.29. The van der Waals surface area contributed by atoms with Crippen LogP contribution in [0.2, 0.25) is 0 Å². The maximum absolute atomic E-state index is 10.4. The molecule has 2 aliphatic rings. The molecule has 0 bridgehead atoms. The van der Waals surface area contributed by atoms with Gasteiger partial charge in [0.2, 0.25) is 0 Å². The van der Waals surface area contributed by atoms with Crippen molar-refractivity contribution in [2.45, 2.75) is 25.4 Å². The van der Waals surface area contributed by atoms with Crippen molar-refractivity contribution < 1.29 is 14.6 Å². The third-order valence-corrected chi connectivity index (χ3v) is 3.70. The van der Waals surface area contributed by atoms with Crippen LogP contribution in [0.5, 0.6) is 5.75 Å². The number of aliphatic hydroxyl groups excluding tert-OH is 1. The number of fused-ring (bicyclic) bond motifs is 1. The van der Waals surface area contributed by atoms with Crippen molar-refractivity contribution in [3.63, 3.8) is 0 Å². The highest BCUT2D eigenvalue weighted by atomic mass is 16.5. The van der Waals surface area contributed by atoms with E-state index in [1.165, 1.54) is 5.56 Å². The summed E-state index contributed by atoms with van der Waals surface area (Å²) < 4.78 is 11.0. The summed E-state index contributed by atoms with van der Waals surface area (Å²) in [5, 5.41) is 10.4. The molecule has 96 valence electrons. The van der Waals surface area contributed by atoms with Crippen molar-refractivity contribution in [1.82, 2.24) is 0 Å². The number of benzene rings is 1. The Kier molecular flexibility index (Phi) is 3.24. The van der Waals surface area contributed by atoms with E-state index in [0.29, 0.717) is 6.61 Å². The number of hydrogen-bond donors (Lipinski definition) is 1. The lowest BCUT2D eigenvalue weighted by atomic mass is 9.87. The Morgan fingerprint density at radius 3 is 3.00 bits per heavy atom. The predicted octanol–water partition coefficient (Wildman–Crippen LogP) is 2.29. The maximum atomic E-state index is 10.4. The molecule has 0 spiro atoms. The maximum Gasteiger partial charge on any atom is 0.122 e. The third kappa shape index (κ3) is 2.23. The normalized spacial score (nSPS) is 24.3. The van der Waals surface area contributed by atoms with Gasteiger partial charge in [0.05, 0.1) is 25.6 Å². The van der Waals surface area contributed by atoms with Crippen molar-refractivity contribution in [3.05, 3.63) is 41.7 Å². The van der Waals surface area contributed by atoms with Crippen LogP contribution in [-0.2, 0) is 11.2 Å². The van der Waals surface area contributed by atoms with Crippen molar-refractivity contribution in [2.75, 3.05) is 13.2 Å². The van der Waals surface area contributed by atoms with E-state index >= 15 is 0 Å². The predicted molar refractivity (Wildman–Crippen MR) is 68.4 cm³/mol. The molecule has 1 aromatic rings. The molecule has 0 saturated carbocycles. The van der Waals surface area contributed by atoms with E-state index in [9.17, 15) is 5.11 Å². The Labute approximate surface area is 107 Å².